The van der Waals surface area contributed by atoms with Crippen LogP contribution < -0.4 is 15.0 Å². The largest absolute Gasteiger partial charge is 0.482 e. The average molecular weight is 409 g/mol. The zero-order valence-electron chi connectivity index (χ0n) is 16.9. The normalized spacial score (nSPS) is 18.8. The van der Waals surface area contributed by atoms with Crippen LogP contribution >= 0.6 is 0 Å². The molecule has 1 atom stereocenters. The molecule has 2 aliphatic heterocycles. The molecule has 2 aromatic rings. The summed E-state index contributed by atoms with van der Waals surface area (Å²) in [7, 11) is 0. The van der Waals surface area contributed by atoms with Crippen LogP contribution in [0.25, 0.3) is 0 Å². The lowest BCUT2D eigenvalue weighted by atomic mass is 10.1. The van der Waals surface area contributed by atoms with Gasteiger partial charge in [-0.3, -0.25) is 14.5 Å². The number of β-amino-alcohol motifs (C(OH)–C–C–N with tert-alkyl or cyclic N) is 1. The summed E-state index contributed by atoms with van der Waals surface area (Å²) >= 11 is 0. The minimum Gasteiger partial charge on any atom is -0.482 e. The minimum atomic E-state index is -0.245. The van der Waals surface area contributed by atoms with Gasteiger partial charge in [-0.2, -0.15) is 0 Å². The van der Waals surface area contributed by atoms with Crippen LogP contribution in [0.3, 0.4) is 0 Å². The van der Waals surface area contributed by atoms with E-state index in [1.54, 1.807) is 4.90 Å². The van der Waals surface area contributed by atoms with Crippen molar-refractivity contribution in [2.45, 2.75) is 32.0 Å². The maximum absolute atomic E-state index is 12.5. The highest BCUT2D eigenvalue weighted by Gasteiger charge is 2.25. The van der Waals surface area contributed by atoms with E-state index in [0.717, 1.165) is 30.6 Å². The first-order chi connectivity index (χ1) is 14.6. The van der Waals surface area contributed by atoms with E-state index in [4.69, 9.17) is 4.74 Å². The smallest absolute Gasteiger partial charge is 0.265 e. The SMILES string of the molecule is O=C(CCN1C(=O)COc2ccccc21)NCc1ccccc1CN1CCC(O)C1. The maximum Gasteiger partial charge on any atom is 0.265 e. The Bertz CT molecular complexity index is 917. The maximum atomic E-state index is 12.5. The summed E-state index contributed by atoms with van der Waals surface area (Å²) in [6, 6.07) is 15.4. The van der Waals surface area contributed by atoms with Crippen molar-refractivity contribution < 1.29 is 19.4 Å². The monoisotopic (exact) mass is 409 g/mol. The second-order valence-corrected chi connectivity index (χ2v) is 7.77. The highest BCUT2D eigenvalue weighted by atomic mass is 16.5. The van der Waals surface area contributed by atoms with Crippen molar-refractivity contribution >= 4 is 17.5 Å². The van der Waals surface area contributed by atoms with Crippen LogP contribution in [0.2, 0.25) is 0 Å². The van der Waals surface area contributed by atoms with E-state index < -0.39 is 0 Å². The van der Waals surface area contributed by atoms with Crippen LogP contribution in [0, 0.1) is 0 Å². The number of aliphatic hydroxyl groups is 1. The predicted octanol–water partition coefficient (Wildman–Crippen LogP) is 1.69. The second kappa shape index (κ2) is 9.28. The Morgan fingerprint density at radius 3 is 2.70 bits per heavy atom. The molecular weight excluding hydrogens is 382 g/mol. The molecule has 158 valence electrons. The number of ether oxygens (including phenoxy) is 1. The molecule has 2 amide bonds. The molecule has 0 spiro atoms. The molecule has 0 saturated carbocycles. The Kier molecular flexibility index (Phi) is 6.30. The lowest BCUT2D eigenvalue weighted by Crippen LogP contribution is -2.41. The average Bonchev–Trinajstić information content (AvgIpc) is 3.17. The second-order valence-electron chi connectivity index (χ2n) is 7.77. The van der Waals surface area contributed by atoms with E-state index in [0.29, 0.717) is 31.1 Å². The number of aliphatic hydroxyl groups excluding tert-OH is 1. The van der Waals surface area contributed by atoms with Gasteiger partial charge in [0.05, 0.1) is 11.8 Å². The molecule has 1 saturated heterocycles. The Balaban J connectivity index is 1.31. The summed E-state index contributed by atoms with van der Waals surface area (Å²) in [6.07, 6.45) is 0.785. The van der Waals surface area contributed by atoms with Gasteiger partial charge in [0.25, 0.3) is 5.91 Å². The number of rotatable bonds is 7. The Morgan fingerprint density at radius 2 is 1.90 bits per heavy atom. The van der Waals surface area contributed by atoms with E-state index in [2.05, 4.69) is 16.3 Å². The first kappa shape index (κ1) is 20.4. The molecule has 7 heteroatoms. The molecule has 30 heavy (non-hydrogen) atoms. The summed E-state index contributed by atoms with van der Waals surface area (Å²) < 4.78 is 5.44. The van der Waals surface area contributed by atoms with Gasteiger partial charge in [-0.1, -0.05) is 36.4 Å². The number of carbonyl (C=O) groups excluding carboxylic acids is 2. The van der Waals surface area contributed by atoms with Crippen LogP contribution in [0.4, 0.5) is 5.69 Å². The number of anilines is 1. The summed E-state index contributed by atoms with van der Waals surface area (Å²) in [4.78, 5) is 28.5. The van der Waals surface area contributed by atoms with E-state index in [1.165, 1.54) is 0 Å². The van der Waals surface area contributed by atoms with Gasteiger partial charge in [-0.05, 0) is 29.7 Å². The third-order valence-electron chi connectivity index (χ3n) is 5.61. The number of carbonyl (C=O) groups is 2. The highest BCUT2D eigenvalue weighted by Crippen LogP contribution is 2.31. The number of amides is 2. The fourth-order valence-corrected chi connectivity index (χ4v) is 3.98. The number of hydrogen-bond acceptors (Lipinski definition) is 5. The van der Waals surface area contributed by atoms with Gasteiger partial charge in [0.15, 0.2) is 6.61 Å². The molecule has 2 heterocycles. The Labute approximate surface area is 176 Å². The van der Waals surface area contributed by atoms with Crippen molar-refractivity contribution in [3.05, 3.63) is 59.7 Å². The topological polar surface area (TPSA) is 82.1 Å². The first-order valence-electron chi connectivity index (χ1n) is 10.4. The van der Waals surface area contributed by atoms with Crippen molar-refractivity contribution in [2.75, 3.05) is 31.1 Å². The number of hydrogen-bond donors (Lipinski definition) is 2. The van der Waals surface area contributed by atoms with Gasteiger partial charge in [-0.15, -0.1) is 0 Å². The van der Waals surface area contributed by atoms with Crippen molar-refractivity contribution in [3.63, 3.8) is 0 Å². The van der Waals surface area contributed by atoms with E-state index in [1.807, 2.05) is 42.5 Å². The van der Waals surface area contributed by atoms with Gasteiger partial charge < -0.3 is 20.1 Å². The van der Waals surface area contributed by atoms with Crippen LogP contribution in [0.15, 0.2) is 48.5 Å². The molecule has 7 nitrogen and oxygen atoms in total. The zero-order valence-corrected chi connectivity index (χ0v) is 16.9. The third kappa shape index (κ3) is 4.80. The lowest BCUT2D eigenvalue weighted by molar-refractivity contribution is -0.122. The molecule has 2 N–H and O–H groups in total. The van der Waals surface area contributed by atoms with Gasteiger partial charge >= 0.3 is 0 Å². The molecule has 0 aromatic heterocycles. The van der Waals surface area contributed by atoms with Crippen LogP contribution in [0.1, 0.15) is 24.0 Å². The molecule has 2 aliphatic rings. The van der Waals surface area contributed by atoms with E-state index in [9.17, 15) is 14.7 Å². The predicted molar refractivity (Wildman–Crippen MR) is 113 cm³/mol. The van der Waals surface area contributed by atoms with Gasteiger partial charge in [0.1, 0.15) is 5.75 Å². The quantitative estimate of drug-likeness (QED) is 0.727. The van der Waals surface area contributed by atoms with Gasteiger partial charge in [0.2, 0.25) is 5.91 Å². The number of nitrogens with zero attached hydrogens (tertiary/aromatic N) is 2. The lowest BCUT2D eigenvalue weighted by Gasteiger charge is -2.29. The zero-order chi connectivity index (χ0) is 20.9. The summed E-state index contributed by atoms with van der Waals surface area (Å²) in [5, 5.41) is 12.7. The Hall–Kier alpha value is -2.90. The number of fused-ring (bicyclic) bond motifs is 1. The minimum absolute atomic E-state index is 0.00277. The number of benzene rings is 2. The number of likely N-dealkylation sites (tertiary alicyclic amines) is 1. The van der Waals surface area contributed by atoms with Crippen molar-refractivity contribution in [3.8, 4) is 5.75 Å². The van der Waals surface area contributed by atoms with Crippen molar-refractivity contribution in [2.24, 2.45) is 0 Å². The fourth-order valence-electron chi connectivity index (χ4n) is 3.98. The van der Waals surface area contributed by atoms with Crippen molar-refractivity contribution in [1.82, 2.24) is 10.2 Å². The molecule has 4 rings (SSSR count). The third-order valence-corrected chi connectivity index (χ3v) is 5.61. The van der Waals surface area contributed by atoms with Gasteiger partial charge in [0, 0.05) is 39.1 Å². The van der Waals surface area contributed by atoms with Gasteiger partial charge in [-0.25, -0.2) is 0 Å². The first-order valence-corrected chi connectivity index (χ1v) is 10.4. The van der Waals surface area contributed by atoms with Crippen LogP contribution in [0.5, 0.6) is 5.75 Å². The molecule has 1 unspecified atom stereocenters. The van der Waals surface area contributed by atoms with Crippen molar-refractivity contribution in [1.29, 1.82) is 0 Å². The Morgan fingerprint density at radius 1 is 1.13 bits per heavy atom. The van der Waals surface area contributed by atoms with E-state index in [-0.39, 0.29) is 30.9 Å². The van der Waals surface area contributed by atoms with Crippen LogP contribution in [-0.2, 0) is 22.7 Å². The fraction of sp³-hybridized carbons (Fsp3) is 0.391. The number of nitrogens with one attached hydrogen (secondary N) is 1. The molecule has 0 radical (unpaired) electrons. The summed E-state index contributed by atoms with van der Waals surface area (Å²) in [5.74, 6) is 0.427. The highest BCUT2D eigenvalue weighted by molar-refractivity contribution is 5.98. The van der Waals surface area contributed by atoms with E-state index >= 15 is 0 Å². The summed E-state index contributed by atoms with van der Waals surface area (Å²) in [6.45, 7) is 3.10. The standard InChI is InChI=1S/C23H27N3O4/c27-19-9-11-25(15-19)14-18-6-2-1-5-17(18)13-24-22(28)10-12-26-20-7-3-4-8-21(20)30-16-23(26)29/h1-8,19,27H,9-16H2,(H,24,28). The number of para-hydroxylation sites is 2. The molecule has 0 bridgehead atoms. The molecule has 1 fully saturated rings. The molecular formula is C23H27N3O4. The summed E-state index contributed by atoms with van der Waals surface area (Å²) in [5.41, 5.74) is 2.93. The van der Waals surface area contributed by atoms with Crippen LogP contribution in [-0.4, -0.2) is 54.2 Å². The molecule has 0 aliphatic carbocycles. The molecule has 2 aromatic carbocycles.